The molecule has 23 heavy (non-hydrogen) atoms. The molecule has 2 aliphatic rings. The molecule has 0 aromatic heterocycles. The van der Waals surface area contributed by atoms with Crippen molar-refractivity contribution in [2.45, 2.75) is 40.5 Å². The fraction of sp³-hybridized carbons (Fsp3) is 0.556. The fourth-order valence-corrected chi connectivity index (χ4v) is 3.39. The number of rotatable bonds is 5. The highest BCUT2D eigenvalue weighted by atomic mass is 16.5. The van der Waals surface area contributed by atoms with E-state index in [9.17, 15) is 9.59 Å². The zero-order valence-electron chi connectivity index (χ0n) is 14.3. The number of carbonyl (C=O) groups is 2. The van der Waals surface area contributed by atoms with Crippen LogP contribution in [-0.2, 0) is 19.1 Å². The van der Waals surface area contributed by atoms with Crippen LogP contribution < -0.4 is 5.32 Å². The first-order chi connectivity index (χ1) is 11.0. The van der Waals surface area contributed by atoms with Crippen LogP contribution in [0.25, 0.3) is 0 Å². The predicted octanol–water partition coefficient (Wildman–Crippen LogP) is 2.85. The second-order valence-electron chi connectivity index (χ2n) is 5.82. The van der Waals surface area contributed by atoms with Gasteiger partial charge in [-0.1, -0.05) is 12.2 Å². The van der Waals surface area contributed by atoms with Gasteiger partial charge in [0.15, 0.2) is 0 Å². The number of hydrogen-bond donors (Lipinski definition) is 1. The number of ether oxygens (including phenoxy) is 2. The average molecular weight is 319 g/mol. The predicted molar refractivity (Wildman–Crippen MR) is 87.2 cm³/mol. The molecule has 0 radical (unpaired) electrons. The van der Waals surface area contributed by atoms with Crippen LogP contribution in [0.2, 0.25) is 0 Å². The van der Waals surface area contributed by atoms with Gasteiger partial charge in [0.05, 0.1) is 24.4 Å². The lowest BCUT2D eigenvalue weighted by Gasteiger charge is -2.33. The molecular weight excluding hydrogens is 294 g/mol. The van der Waals surface area contributed by atoms with E-state index in [-0.39, 0.29) is 23.8 Å². The molecule has 1 N–H and O–H groups in total. The molecule has 0 aromatic carbocycles. The van der Waals surface area contributed by atoms with E-state index in [1.54, 1.807) is 13.8 Å². The molecular formula is C18H25NO4. The fourth-order valence-electron chi connectivity index (χ4n) is 3.39. The molecule has 0 saturated carbocycles. The molecule has 0 bridgehead atoms. The van der Waals surface area contributed by atoms with E-state index >= 15 is 0 Å². The van der Waals surface area contributed by atoms with Crippen LogP contribution in [0.3, 0.4) is 0 Å². The number of carbonyl (C=O) groups excluding carboxylic acids is 2. The van der Waals surface area contributed by atoms with E-state index in [0.29, 0.717) is 24.4 Å². The van der Waals surface area contributed by atoms with E-state index < -0.39 is 0 Å². The van der Waals surface area contributed by atoms with Gasteiger partial charge >= 0.3 is 11.9 Å². The number of dihydropyridines is 1. The quantitative estimate of drug-likeness (QED) is 0.623. The standard InChI is InChI=1S/C18H25NO4/c1-5-22-17(20)14-11(3)19-12(4)15(18(21)23-6-2)16(14)13-9-7-8-10-13/h7-8,13,16,19H,5-6,9-10H2,1-4H3. The summed E-state index contributed by atoms with van der Waals surface area (Å²) in [5.41, 5.74) is 2.61. The summed E-state index contributed by atoms with van der Waals surface area (Å²) in [6.07, 6.45) is 5.89. The number of esters is 2. The summed E-state index contributed by atoms with van der Waals surface area (Å²) in [5.74, 6) is -0.822. The normalized spacial score (nSPS) is 19.1. The Labute approximate surface area is 137 Å². The van der Waals surface area contributed by atoms with Gasteiger partial charge in [-0.3, -0.25) is 0 Å². The van der Waals surface area contributed by atoms with Crippen LogP contribution >= 0.6 is 0 Å². The van der Waals surface area contributed by atoms with Gasteiger partial charge in [-0.05, 0) is 46.5 Å². The smallest absolute Gasteiger partial charge is 0.336 e. The van der Waals surface area contributed by atoms with Gasteiger partial charge < -0.3 is 14.8 Å². The molecule has 1 heterocycles. The van der Waals surface area contributed by atoms with Crippen LogP contribution in [0.4, 0.5) is 0 Å². The lowest BCUT2D eigenvalue weighted by molar-refractivity contribution is -0.140. The Balaban J connectivity index is 2.45. The maximum atomic E-state index is 12.5. The summed E-state index contributed by atoms with van der Waals surface area (Å²) in [6.45, 7) is 7.89. The van der Waals surface area contributed by atoms with Crippen molar-refractivity contribution >= 4 is 11.9 Å². The minimum atomic E-state index is -0.358. The third-order valence-electron chi connectivity index (χ3n) is 4.31. The molecule has 0 aromatic rings. The highest BCUT2D eigenvalue weighted by Crippen LogP contribution is 2.41. The van der Waals surface area contributed by atoms with Crippen LogP contribution in [0, 0.1) is 11.8 Å². The van der Waals surface area contributed by atoms with Crippen molar-refractivity contribution in [1.82, 2.24) is 5.32 Å². The topological polar surface area (TPSA) is 64.6 Å². The highest BCUT2D eigenvalue weighted by molar-refractivity contribution is 5.98. The number of nitrogens with one attached hydrogen (secondary N) is 1. The van der Waals surface area contributed by atoms with Crippen molar-refractivity contribution in [2.24, 2.45) is 11.8 Å². The molecule has 1 aliphatic carbocycles. The van der Waals surface area contributed by atoms with E-state index in [4.69, 9.17) is 9.47 Å². The summed E-state index contributed by atoms with van der Waals surface area (Å²) in [7, 11) is 0. The van der Waals surface area contributed by atoms with E-state index in [2.05, 4.69) is 17.5 Å². The van der Waals surface area contributed by atoms with Gasteiger partial charge in [0.25, 0.3) is 0 Å². The van der Waals surface area contributed by atoms with E-state index in [0.717, 1.165) is 24.2 Å². The third kappa shape index (κ3) is 3.49. The van der Waals surface area contributed by atoms with Crippen LogP contribution in [0.15, 0.2) is 34.7 Å². The third-order valence-corrected chi connectivity index (χ3v) is 4.31. The van der Waals surface area contributed by atoms with Crippen LogP contribution in [0.5, 0.6) is 0 Å². The van der Waals surface area contributed by atoms with Gasteiger partial charge in [-0.25, -0.2) is 9.59 Å². The first-order valence-corrected chi connectivity index (χ1v) is 8.19. The van der Waals surface area contributed by atoms with Gasteiger partial charge in [0.1, 0.15) is 0 Å². The molecule has 126 valence electrons. The zero-order chi connectivity index (χ0) is 17.0. The van der Waals surface area contributed by atoms with Gasteiger partial charge in [0.2, 0.25) is 0 Å². The maximum Gasteiger partial charge on any atom is 0.336 e. The summed E-state index contributed by atoms with van der Waals surface area (Å²) >= 11 is 0. The monoisotopic (exact) mass is 319 g/mol. The SMILES string of the molecule is CCOC(=O)C1=C(C)NC(C)=C(C(=O)OCC)C1C1CC=CC1. The second kappa shape index (κ2) is 7.49. The molecule has 0 saturated heterocycles. The minimum absolute atomic E-state index is 0.181. The van der Waals surface area contributed by atoms with Crippen LogP contribution in [-0.4, -0.2) is 25.2 Å². The lowest BCUT2D eigenvalue weighted by Crippen LogP contribution is -2.36. The van der Waals surface area contributed by atoms with Gasteiger partial charge in [-0.2, -0.15) is 0 Å². The summed E-state index contributed by atoms with van der Waals surface area (Å²) < 4.78 is 10.5. The summed E-state index contributed by atoms with van der Waals surface area (Å²) in [4.78, 5) is 25.0. The van der Waals surface area contributed by atoms with Crippen molar-refractivity contribution in [3.63, 3.8) is 0 Å². The Morgan fingerprint density at radius 2 is 1.43 bits per heavy atom. The largest absolute Gasteiger partial charge is 0.463 e. The molecule has 0 unspecified atom stereocenters. The van der Waals surface area contributed by atoms with E-state index in [1.807, 2.05) is 13.8 Å². The Morgan fingerprint density at radius 1 is 1.00 bits per heavy atom. The first kappa shape index (κ1) is 17.3. The minimum Gasteiger partial charge on any atom is -0.463 e. The Morgan fingerprint density at radius 3 is 1.83 bits per heavy atom. The van der Waals surface area contributed by atoms with Crippen molar-refractivity contribution in [1.29, 1.82) is 0 Å². The van der Waals surface area contributed by atoms with Crippen molar-refractivity contribution in [3.05, 3.63) is 34.7 Å². The second-order valence-corrected chi connectivity index (χ2v) is 5.82. The Hall–Kier alpha value is -2.04. The van der Waals surface area contributed by atoms with Crippen molar-refractivity contribution < 1.29 is 19.1 Å². The first-order valence-electron chi connectivity index (χ1n) is 8.19. The average Bonchev–Trinajstić information content (AvgIpc) is 3.00. The molecule has 1 aliphatic heterocycles. The number of allylic oxidation sites excluding steroid dienone is 4. The zero-order valence-corrected chi connectivity index (χ0v) is 14.3. The van der Waals surface area contributed by atoms with Gasteiger partial charge in [0, 0.05) is 17.3 Å². The molecule has 5 nitrogen and oxygen atoms in total. The molecule has 5 heteroatoms. The Bertz CT molecular complexity index is 538. The molecule has 0 atom stereocenters. The molecule has 0 amide bonds. The van der Waals surface area contributed by atoms with Crippen molar-refractivity contribution in [2.75, 3.05) is 13.2 Å². The van der Waals surface area contributed by atoms with Crippen molar-refractivity contribution in [3.8, 4) is 0 Å². The Kier molecular flexibility index (Phi) is 5.64. The molecule has 0 spiro atoms. The molecule has 0 fully saturated rings. The van der Waals surface area contributed by atoms with Crippen LogP contribution in [0.1, 0.15) is 40.5 Å². The lowest BCUT2D eigenvalue weighted by atomic mass is 9.75. The highest BCUT2D eigenvalue weighted by Gasteiger charge is 2.41. The van der Waals surface area contributed by atoms with Gasteiger partial charge in [-0.15, -0.1) is 0 Å². The summed E-state index contributed by atoms with van der Waals surface area (Å²) in [6, 6.07) is 0. The van der Waals surface area contributed by atoms with E-state index in [1.165, 1.54) is 0 Å². The molecule has 2 rings (SSSR count). The number of hydrogen-bond acceptors (Lipinski definition) is 5. The summed E-state index contributed by atoms with van der Waals surface area (Å²) in [5, 5.41) is 3.15. The maximum absolute atomic E-state index is 12.5.